The smallest absolute Gasteiger partial charge is 0.335 e. The van der Waals surface area contributed by atoms with Crippen molar-refractivity contribution in [1.29, 1.82) is 0 Å². The van der Waals surface area contributed by atoms with Crippen LogP contribution in [0.3, 0.4) is 0 Å². The summed E-state index contributed by atoms with van der Waals surface area (Å²) in [5, 5.41) is 8.55. The molecule has 56 valence electrons. The monoisotopic (exact) mass is 140 g/mol. The Bertz CT molecular complexity index is 162. The fourth-order valence-corrected chi connectivity index (χ4v) is 0.648. The van der Waals surface area contributed by atoms with Crippen molar-refractivity contribution in [2.75, 3.05) is 0 Å². The van der Waals surface area contributed by atoms with Crippen LogP contribution in [0, 0.1) is 0 Å². The van der Waals surface area contributed by atoms with Gasteiger partial charge in [0.15, 0.2) is 0 Å². The number of rotatable bonds is 3. The molecule has 2 nitrogen and oxygen atoms in total. The highest BCUT2D eigenvalue weighted by Crippen LogP contribution is 2.07. The maximum atomic E-state index is 10.4. The Morgan fingerprint density at radius 2 is 2.20 bits per heavy atom. The molecular formula is C8H12O2. The van der Waals surface area contributed by atoms with Gasteiger partial charge in [-0.15, -0.1) is 0 Å². The molecule has 0 aromatic rings. The van der Waals surface area contributed by atoms with E-state index >= 15 is 0 Å². The number of carboxylic acids is 1. The Morgan fingerprint density at radius 1 is 1.70 bits per heavy atom. The largest absolute Gasteiger partial charge is 0.478 e. The van der Waals surface area contributed by atoms with Gasteiger partial charge in [0, 0.05) is 0 Å². The molecule has 0 saturated carbocycles. The number of aliphatic carboxylic acids is 1. The van der Waals surface area contributed by atoms with E-state index in [0.717, 1.165) is 6.42 Å². The molecule has 0 heterocycles. The summed E-state index contributed by atoms with van der Waals surface area (Å²) in [6.07, 6.45) is 2.39. The SMILES string of the molecule is C=C(C)/C(=C/CC)C(=O)O. The third-order valence-electron chi connectivity index (χ3n) is 1.10. The number of carbonyl (C=O) groups is 1. The van der Waals surface area contributed by atoms with Crippen LogP contribution in [0.4, 0.5) is 0 Å². The van der Waals surface area contributed by atoms with E-state index in [-0.39, 0.29) is 0 Å². The Balaban J connectivity index is 4.42. The highest BCUT2D eigenvalue weighted by Gasteiger charge is 2.05. The lowest BCUT2D eigenvalue weighted by molar-refractivity contribution is -0.132. The summed E-state index contributed by atoms with van der Waals surface area (Å²) >= 11 is 0. The summed E-state index contributed by atoms with van der Waals surface area (Å²) in [6, 6.07) is 0. The maximum absolute atomic E-state index is 10.4. The molecule has 0 aliphatic heterocycles. The Morgan fingerprint density at radius 3 is 2.30 bits per heavy atom. The summed E-state index contributed by atoms with van der Waals surface area (Å²) in [6.45, 7) is 7.13. The molecule has 0 rings (SSSR count). The lowest BCUT2D eigenvalue weighted by Gasteiger charge is -1.97. The number of hydrogen-bond acceptors (Lipinski definition) is 1. The molecule has 0 saturated heterocycles. The zero-order valence-corrected chi connectivity index (χ0v) is 6.35. The van der Waals surface area contributed by atoms with Gasteiger partial charge in [-0.05, 0) is 18.9 Å². The minimum absolute atomic E-state index is 0.322. The van der Waals surface area contributed by atoms with Gasteiger partial charge < -0.3 is 5.11 Å². The maximum Gasteiger partial charge on any atom is 0.335 e. The molecule has 0 fully saturated rings. The molecule has 0 atom stereocenters. The van der Waals surface area contributed by atoms with Crippen molar-refractivity contribution in [2.24, 2.45) is 0 Å². The molecule has 0 bridgehead atoms. The molecule has 10 heavy (non-hydrogen) atoms. The lowest BCUT2D eigenvalue weighted by Crippen LogP contribution is -2.00. The molecule has 0 amide bonds. The molecule has 0 aliphatic rings. The van der Waals surface area contributed by atoms with E-state index in [1.54, 1.807) is 13.0 Å². The summed E-state index contributed by atoms with van der Waals surface area (Å²) in [5.41, 5.74) is 0.928. The van der Waals surface area contributed by atoms with E-state index in [1.807, 2.05) is 6.92 Å². The summed E-state index contributed by atoms with van der Waals surface area (Å²) in [7, 11) is 0. The molecule has 0 aromatic carbocycles. The highest BCUT2D eigenvalue weighted by atomic mass is 16.4. The van der Waals surface area contributed by atoms with Crippen molar-refractivity contribution in [3.63, 3.8) is 0 Å². The first kappa shape index (κ1) is 8.95. The van der Waals surface area contributed by atoms with Gasteiger partial charge in [-0.25, -0.2) is 4.79 Å². The normalized spacial score (nSPS) is 11.2. The summed E-state index contributed by atoms with van der Waals surface area (Å²) in [4.78, 5) is 10.4. The fourth-order valence-electron chi connectivity index (χ4n) is 0.648. The first-order valence-electron chi connectivity index (χ1n) is 3.19. The molecule has 0 aliphatic carbocycles. The molecule has 0 unspecified atom stereocenters. The van der Waals surface area contributed by atoms with Crippen LogP contribution in [0.5, 0.6) is 0 Å². The van der Waals surface area contributed by atoms with Gasteiger partial charge in [-0.1, -0.05) is 19.6 Å². The number of carboxylic acid groups (broad SMARTS) is 1. The molecular weight excluding hydrogens is 128 g/mol. The molecule has 1 N–H and O–H groups in total. The zero-order valence-electron chi connectivity index (χ0n) is 6.35. The van der Waals surface area contributed by atoms with Crippen LogP contribution in [0.2, 0.25) is 0 Å². The van der Waals surface area contributed by atoms with Gasteiger partial charge in [0.1, 0.15) is 0 Å². The van der Waals surface area contributed by atoms with Crippen LogP contribution < -0.4 is 0 Å². The van der Waals surface area contributed by atoms with E-state index in [2.05, 4.69) is 6.58 Å². The Hall–Kier alpha value is -1.05. The van der Waals surface area contributed by atoms with Crippen LogP contribution >= 0.6 is 0 Å². The number of allylic oxidation sites excluding steroid dienone is 1. The minimum Gasteiger partial charge on any atom is -0.478 e. The average Bonchev–Trinajstić information content (AvgIpc) is 1.81. The van der Waals surface area contributed by atoms with E-state index in [4.69, 9.17) is 5.11 Å². The lowest BCUT2D eigenvalue weighted by atomic mass is 10.1. The van der Waals surface area contributed by atoms with Crippen LogP contribution in [-0.2, 0) is 4.79 Å². The third-order valence-corrected chi connectivity index (χ3v) is 1.10. The third kappa shape index (κ3) is 2.49. The zero-order chi connectivity index (χ0) is 8.15. The molecule has 0 aromatic heterocycles. The van der Waals surface area contributed by atoms with E-state index in [9.17, 15) is 4.79 Å². The van der Waals surface area contributed by atoms with Crippen molar-refractivity contribution in [1.82, 2.24) is 0 Å². The molecule has 0 spiro atoms. The van der Waals surface area contributed by atoms with Gasteiger partial charge in [0.2, 0.25) is 0 Å². The second kappa shape index (κ2) is 3.88. The van der Waals surface area contributed by atoms with Crippen LogP contribution in [0.1, 0.15) is 20.3 Å². The standard InChI is InChI=1S/C8H12O2/c1-4-5-7(6(2)3)8(9)10/h5H,2,4H2,1,3H3,(H,9,10)/b7-5-. The first-order valence-corrected chi connectivity index (χ1v) is 3.19. The Kier molecular flexibility index (Phi) is 3.47. The van der Waals surface area contributed by atoms with Gasteiger partial charge in [-0.3, -0.25) is 0 Å². The highest BCUT2D eigenvalue weighted by molar-refractivity contribution is 5.91. The average molecular weight is 140 g/mol. The predicted octanol–water partition coefficient (Wildman–Crippen LogP) is 1.98. The van der Waals surface area contributed by atoms with E-state index in [0.29, 0.717) is 11.1 Å². The van der Waals surface area contributed by atoms with Gasteiger partial charge in [0.05, 0.1) is 5.57 Å². The molecule has 2 heteroatoms. The summed E-state index contributed by atoms with van der Waals surface area (Å²) in [5.74, 6) is -0.894. The van der Waals surface area contributed by atoms with E-state index < -0.39 is 5.97 Å². The predicted molar refractivity (Wildman–Crippen MR) is 40.8 cm³/mol. The second-order valence-corrected chi connectivity index (χ2v) is 2.11. The van der Waals surface area contributed by atoms with Crippen LogP contribution in [0.15, 0.2) is 23.8 Å². The van der Waals surface area contributed by atoms with Crippen molar-refractivity contribution in [2.45, 2.75) is 20.3 Å². The van der Waals surface area contributed by atoms with Gasteiger partial charge in [-0.2, -0.15) is 0 Å². The van der Waals surface area contributed by atoms with Crippen molar-refractivity contribution >= 4 is 5.97 Å². The van der Waals surface area contributed by atoms with Crippen molar-refractivity contribution in [3.8, 4) is 0 Å². The van der Waals surface area contributed by atoms with Gasteiger partial charge in [0.25, 0.3) is 0 Å². The van der Waals surface area contributed by atoms with Crippen LogP contribution in [0.25, 0.3) is 0 Å². The number of hydrogen-bond donors (Lipinski definition) is 1. The van der Waals surface area contributed by atoms with Crippen LogP contribution in [-0.4, -0.2) is 11.1 Å². The van der Waals surface area contributed by atoms with Crippen molar-refractivity contribution < 1.29 is 9.90 Å². The van der Waals surface area contributed by atoms with Crippen molar-refractivity contribution in [3.05, 3.63) is 23.8 Å². The first-order chi connectivity index (χ1) is 4.59. The fraction of sp³-hybridized carbons (Fsp3) is 0.375. The summed E-state index contributed by atoms with van der Waals surface area (Å²) < 4.78 is 0. The van der Waals surface area contributed by atoms with E-state index in [1.165, 1.54) is 0 Å². The topological polar surface area (TPSA) is 37.3 Å². The quantitative estimate of drug-likeness (QED) is 0.480. The minimum atomic E-state index is -0.894. The van der Waals surface area contributed by atoms with Gasteiger partial charge >= 0.3 is 5.97 Å². The second-order valence-electron chi connectivity index (χ2n) is 2.11. The molecule has 0 radical (unpaired) electrons. The Labute approximate surface area is 60.9 Å².